The molecule has 0 aliphatic rings. The highest BCUT2D eigenvalue weighted by molar-refractivity contribution is 6.18. The summed E-state index contributed by atoms with van der Waals surface area (Å²) in [7, 11) is 1.60. The lowest BCUT2D eigenvalue weighted by Crippen LogP contribution is -3.00. The number of carbonyl (C=O) groups is 1. The van der Waals surface area contributed by atoms with Crippen LogP contribution in [-0.2, 0) is 6.54 Å². The summed E-state index contributed by atoms with van der Waals surface area (Å²) in [6.45, 7) is 0.791. The number of anilines is 1. The molecule has 0 saturated heterocycles. The lowest BCUT2D eigenvalue weighted by atomic mass is 10.1. The number of nitrogens with zero attached hydrogens (tertiary/aromatic N) is 2. The first-order valence-corrected chi connectivity index (χ1v) is 8.18. The number of benzene rings is 2. The van der Waals surface area contributed by atoms with Gasteiger partial charge in [-0.25, -0.2) is 4.98 Å². The van der Waals surface area contributed by atoms with E-state index in [0.717, 1.165) is 16.8 Å². The molecule has 0 saturated carbocycles. The number of methoxy groups -OCH3 is 1. The molecule has 0 spiro atoms. The van der Waals surface area contributed by atoms with Gasteiger partial charge in [-0.2, -0.15) is 0 Å². The lowest BCUT2D eigenvalue weighted by molar-refractivity contribution is -0.0000130. The minimum Gasteiger partial charge on any atom is -1.00 e. The smallest absolute Gasteiger partial charge is 0.204 e. The Kier molecular flexibility index (Phi) is 6.67. The van der Waals surface area contributed by atoms with Crippen molar-refractivity contribution in [2.24, 2.45) is 0 Å². The van der Waals surface area contributed by atoms with Crippen LogP contribution in [0.25, 0.3) is 11.0 Å². The first-order chi connectivity index (χ1) is 11.7. The van der Waals surface area contributed by atoms with E-state index in [1.807, 2.05) is 28.8 Å². The van der Waals surface area contributed by atoms with Crippen LogP contribution in [0.15, 0.2) is 48.5 Å². The van der Waals surface area contributed by atoms with Gasteiger partial charge in [0.2, 0.25) is 5.95 Å². The van der Waals surface area contributed by atoms with Gasteiger partial charge in [-0.1, -0.05) is 12.1 Å². The number of hydrogen-bond donors (Lipinski definition) is 1. The fourth-order valence-corrected chi connectivity index (χ4v) is 2.64. The summed E-state index contributed by atoms with van der Waals surface area (Å²) in [6.07, 6.45) is 0. The molecule has 2 aromatic carbocycles. The summed E-state index contributed by atoms with van der Waals surface area (Å²) < 4.78 is 7.01. The van der Waals surface area contributed by atoms with Gasteiger partial charge in [0.1, 0.15) is 5.75 Å². The monoisotopic (exact) mass is 378 g/mol. The van der Waals surface area contributed by atoms with Crippen LogP contribution in [0.1, 0.15) is 10.4 Å². The Balaban J connectivity index is 0.00000225. The van der Waals surface area contributed by atoms with Crippen molar-refractivity contribution in [3.63, 3.8) is 0 Å². The molecule has 3 aromatic rings. The molecule has 3 rings (SSSR count). The van der Waals surface area contributed by atoms with Gasteiger partial charge in [0.15, 0.2) is 5.78 Å². The van der Waals surface area contributed by atoms with Crippen LogP contribution in [0, 0.1) is 0 Å². The Morgan fingerprint density at radius 1 is 1.20 bits per heavy atom. The van der Waals surface area contributed by atoms with Crippen molar-refractivity contribution in [3.05, 3.63) is 54.1 Å². The number of rotatable bonds is 7. The van der Waals surface area contributed by atoms with Gasteiger partial charge in [-0.3, -0.25) is 4.79 Å². The average molecular weight is 379 g/mol. The number of aromatic nitrogens is 2. The third-order valence-electron chi connectivity index (χ3n) is 3.75. The van der Waals surface area contributed by atoms with Gasteiger partial charge < -0.3 is 27.0 Å². The number of para-hydroxylation sites is 2. The molecule has 0 bridgehead atoms. The Morgan fingerprint density at radius 2 is 1.92 bits per heavy atom. The molecule has 0 aliphatic heterocycles. The van der Waals surface area contributed by atoms with E-state index >= 15 is 0 Å². The highest BCUT2D eigenvalue weighted by Gasteiger charge is 2.14. The summed E-state index contributed by atoms with van der Waals surface area (Å²) in [5, 5.41) is 3.18. The zero-order chi connectivity index (χ0) is 16.9. The topological polar surface area (TPSA) is 56.1 Å². The van der Waals surface area contributed by atoms with E-state index in [-0.39, 0.29) is 24.7 Å². The molecule has 1 aromatic heterocycles. The molecular formula is C18H18Cl2N3O2-. The number of hydrogen-bond acceptors (Lipinski definition) is 4. The van der Waals surface area contributed by atoms with Crippen LogP contribution in [-0.4, -0.2) is 34.9 Å². The molecule has 25 heavy (non-hydrogen) atoms. The Hall–Kier alpha value is -2.24. The second-order valence-corrected chi connectivity index (χ2v) is 5.66. The summed E-state index contributed by atoms with van der Waals surface area (Å²) >= 11 is 5.75. The predicted molar refractivity (Wildman–Crippen MR) is 96.3 cm³/mol. The molecule has 0 atom stereocenters. The van der Waals surface area contributed by atoms with Gasteiger partial charge in [0.05, 0.1) is 24.7 Å². The van der Waals surface area contributed by atoms with Gasteiger partial charge in [0, 0.05) is 18.0 Å². The number of nitrogens with one attached hydrogen (secondary N) is 1. The number of ether oxygens (including phenoxy) is 1. The minimum atomic E-state index is 0. The molecule has 1 heterocycles. The van der Waals surface area contributed by atoms with Crippen molar-refractivity contribution >= 4 is 34.4 Å². The standard InChI is InChI=1S/C18H18ClN3O2.ClH/c1-24-14-8-6-13(7-9-14)17(23)12-22-16-5-3-2-4-15(16)21-18(22)20-11-10-19;/h2-9H,10-12H2,1H3,(H,20,21);1H/p-1. The van der Waals surface area contributed by atoms with E-state index in [0.29, 0.717) is 23.9 Å². The van der Waals surface area contributed by atoms with Gasteiger partial charge >= 0.3 is 0 Å². The fourth-order valence-electron chi connectivity index (χ4n) is 2.54. The zero-order valence-electron chi connectivity index (χ0n) is 13.7. The first-order valence-electron chi connectivity index (χ1n) is 7.65. The number of Topliss-reactive ketones (excluding diaryl/α,β-unsaturated/α-hetero) is 1. The van der Waals surface area contributed by atoms with Crippen LogP contribution in [0.2, 0.25) is 0 Å². The molecule has 0 fully saturated rings. The van der Waals surface area contributed by atoms with Crippen molar-refractivity contribution in [3.8, 4) is 5.75 Å². The van der Waals surface area contributed by atoms with Crippen molar-refractivity contribution in [2.45, 2.75) is 6.54 Å². The Morgan fingerprint density at radius 3 is 2.60 bits per heavy atom. The molecule has 0 radical (unpaired) electrons. The summed E-state index contributed by atoms with van der Waals surface area (Å²) in [5.41, 5.74) is 2.39. The zero-order valence-corrected chi connectivity index (χ0v) is 15.2. The maximum atomic E-state index is 12.6. The lowest BCUT2D eigenvalue weighted by Gasteiger charge is -2.10. The quantitative estimate of drug-likeness (QED) is 0.482. The maximum Gasteiger partial charge on any atom is 0.204 e. The largest absolute Gasteiger partial charge is 1.00 e. The fraction of sp³-hybridized carbons (Fsp3) is 0.222. The average Bonchev–Trinajstić information content (AvgIpc) is 2.97. The number of ketones is 1. The molecule has 0 aliphatic carbocycles. The van der Waals surface area contributed by atoms with E-state index in [2.05, 4.69) is 10.3 Å². The summed E-state index contributed by atoms with van der Waals surface area (Å²) in [6, 6.07) is 14.8. The molecule has 132 valence electrons. The SMILES string of the molecule is COc1ccc(C(=O)Cn2c(NCCCl)nc3ccccc32)cc1.[Cl-]. The number of halogens is 2. The molecule has 1 N–H and O–H groups in total. The van der Waals surface area contributed by atoms with E-state index in [9.17, 15) is 4.79 Å². The summed E-state index contributed by atoms with van der Waals surface area (Å²) in [5.74, 6) is 1.85. The van der Waals surface area contributed by atoms with Crippen molar-refractivity contribution in [1.29, 1.82) is 0 Å². The molecule has 7 heteroatoms. The van der Waals surface area contributed by atoms with Gasteiger partial charge in [-0.05, 0) is 36.4 Å². The van der Waals surface area contributed by atoms with Crippen LogP contribution in [0.3, 0.4) is 0 Å². The number of carbonyl (C=O) groups excluding carboxylic acids is 1. The van der Waals surface area contributed by atoms with Crippen LogP contribution in [0.5, 0.6) is 5.75 Å². The predicted octanol–water partition coefficient (Wildman–Crippen LogP) is 0.582. The van der Waals surface area contributed by atoms with Crippen LogP contribution >= 0.6 is 11.6 Å². The number of fused-ring (bicyclic) bond motifs is 1. The van der Waals surface area contributed by atoms with E-state index in [4.69, 9.17) is 16.3 Å². The van der Waals surface area contributed by atoms with Gasteiger partial charge in [0.25, 0.3) is 0 Å². The van der Waals surface area contributed by atoms with E-state index in [1.54, 1.807) is 31.4 Å². The van der Waals surface area contributed by atoms with E-state index in [1.165, 1.54) is 0 Å². The third-order valence-corrected chi connectivity index (χ3v) is 3.93. The molecule has 5 nitrogen and oxygen atoms in total. The molecular weight excluding hydrogens is 361 g/mol. The second-order valence-electron chi connectivity index (χ2n) is 5.28. The number of alkyl halides is 1. The van der Waals surface area contributed by atoms with E-state index < -0.39 is 0 Å². The third kappa shape index (κ3) is 4.24. The maximum absolute atomic E-state index is 12.6. The second kappa shape index (κ2) is 8.74. The summed E-state index contributed by atoms with van der Waals surface area (Å²) in [4.78, 5) is 17.2. The Labute approximate surface area is 157 Å². The molecule has 0 unspecified atom stereocenters. The van der Waals surface area contributed by atoms with Crippen molar-refractivity contribution in [2.75, 3.05) is 24.9 Å². The van der Waals surface area contributed by atoms with Crippen LogP contribution < -0.4 is 22.5 Å². The van der Waals surface area contributed by atoms with Crippen LogP contribution in [0.4, 0.5) is 5.95 Å². The highest BCUT2D eigenvalue weighted by atomic mass is 35.5. The minimum absolute atomic E-state index is 0. The molecule has 0 amide bonds. The van der Waals surface area contributed by atoms with Crippen molar-refractivity contribution < 1.29 is 21.9 Å². The van der Waals surface area contributed by atoms with Crippen molar-refractivity contribution in [1.82, 2.24) is 9.55 Å². The Bertz CT molecular complexity index is 847. The van der Waals surface area contributed by atoms with Gasteiger partial charge in [-0.15, -0.1) is 11.6 Å². The number of imidazole rings is 1. The normalized spacial score (nSPS) is 10.3. The highest BCUT2D eigenvalue weighted by Crippen LogP contribution is 2.21. The first kappa shape index (κ1) is 19.1.